The molecule has 1 aromatic heterocycles. The molecule has 2 aromatic rings. The van der Waals surface area contributed by atoms with Gasteiger partial charge >= 0.3 is 0 Å². The van der Waals surface area contributed by atoms with Gasteiger partial charge in [-0.3, -0.25) is 14.4 Å². The number of hydrogen-bond acceptors (Lipinski definition) is 4. The molecule has 0 unspecified atom stereocenters. The van der Waals surface area contributed by atoms with E-state index in [0.29, 0.717) is 41.4 Å². The van der Waals surface area contributed by atoms with E-state index in [0.717, 1.165) is 37.5 Å². The highest BCUT2D eigenvalue weighted by molar-refractivity contribution is 6.35. The summed E-state index contributed by atoms with van der Waals surface area (Å²) in [6.45, 7) is 0. The average molecular weight is 454 g/mol. The van der Waals surface area contributed by atoms with E-state index in [1.54, 1.807) is 12.1 Å². The zero-order valence-corrected chi connectivity index (χ0v) is 18.8. The Kier molecular flexibility index (Phi) is 6.95. The van der Waals surface area contributed by atoms with Gasteiger partial charge in [0.05, 0.1) is 22.3 Å². The molecule has 0 radical (unpaired) electrons. The lowest BCUT2D eigenvalue weighted by Crippen LogP contribution is -2.41. The van der Waals surface area contributed by atoms with Gasteiger partial charge in [-0.2, -0.15) is 5.26 Å². The highest BCUT2D eigenvalue weighted by atomic mass is 35.5. The number of carbonyl (C=O) groups excluding carboxylic acids is 3. The molecule has 2 aliphatic carbocycles. The van der Waals surface area contributed by atoms with Crippen LogP contribution in [0.25, 0.3) is 10.9 Å². The smallest absolute Gasteiger partial charge is 0.224 e. The third-order valence-electron chi connectivity index (χ3n) is 6.70. The summed E-state index contributed by atoms with van der Waals surface area (Å²) in [6.07, 6.45) is 6.43. The summed E-state index contributed by atoms with van der Waals surface area (Å²) < 4.78 is 0. The van der Waals surface area contributed by atoms with Crippen molar-refractivity contribution in [2.45, 2.75) is 63.8 Å². The van der Waals surface area contributed by atoms with Crippen LogP contribution < -0.4 is 5.32 Å². The van der Waals surface area contributed by atoms with Crippen molar-refractivity contribution < 1.29 is 14.4 Å². The fraction of sp³-hybridized carbons (Fsp3) is 0.520. The highest BCUT2D eigenvalue weighted by Gasteiger charge is 2.33. The normalized spacial score (nSPS) is 20.5. The molecule has 7 heteroatoms. The van der Waals surface area contributed by atoms with E-state index in [-0.39, 0.29) is 29.8 Å². The standard InChI is InChI=1S/C25H28ClN3O3/c26-20-6-3-5-17-12-21(29-24(17)20)23(31)13-18(10-15-8-9-15)25(32)28-19(14-27)11-16-4-1-2-7-22(16)30/h3,5-6,12,15-16,18-19,29H,1-2,4,7-11,13H2,(H,28,32)/t16-,18+,19-/m0/s1. The number of nitriles is 1. The maximum Gasteiger partial charge on any atom is 0.224 e. The maximum atomic E-state index is 13.1. The van der Waals surface area contributed by atoms with Crippen LogP contribution in [0.1, 0.15) is 68.3 Å². The average Bonchev–Trinajstić information content (AvgIpc) is 3.48. The number of para-hydroxylation sites is 1. The van der Waals surface area contributed by atoms with Gasteiger partial charge in [-0.25, -0.2) is 0 Å². The lowest BCUT2D eigenvalue weighted by molar-refractivity contribution is -0.127. The number of hydrogen-bond donors (Lipinski definition) is 2. The van der Waals surface area contributed by atoms with Crippen LogP contribution in [-0.2, 0) is 9.59 Å². The van der Waals surface area contributed by atoms with Crippen molar-refractivity contribution in [1.82, 2.24) is 10.3 Å². The Morgan fingerprint density at radius 1 is 1.22 bits per heavy atom. The first-order chi connectivity index (χ1) is 15.4. The van der Waals surface area contributed by atoms with E-state index in [4.69, 9.17) is 11.6 Å². The number of fused-ring (bicyclic) bond motifs is 1. The summed E-state index contributed by atoms with van der Waals surface area (Å²) in [5.41, 5.74) is 1.15. The largest absolute Gasteiger partial charge is 0.351 e. The number of aromatic amines is 1. The molecule has 0 saturated heterocycles. The van der Waals surface area contributed by atoms with Crippen molar-refractivity contribution in [1.29, 1.82) is 5.26 Å². The molecule has 1 heterocycles. The van der Waals surface area contributed by atoms with Gasteiger partial charge in [-0.15, -0.1) is 0 Å². The van der Waals surface area contributed by atoms with Crippen LogP contribution in [0.15, 0.2) is 24.3 Å². The number of rotatable bonds is 9. The van der Waals surface area contributed by atoms with E-state index < -0.39 is 12.0 Å². The molecule has 0 bridgehead atoms. The Labute approximate surface area is 192 Å². The lowest BCUT2D eigenvalue weighted by Gasteiger charge is -2.24. The third kappa shape index (κ3) is 5.39. The molecule has 32 heavy (non-hydrogen) atoms. The summed E-state index contributed by atoms with van der Waals surface area (Å²) in [6, 6.07) is 8.67. The Hall–Kier alpha value is -2.65. The Balaban J connectivity index is 1.42. The van der Waals surface area contributed by atoms with Crippen molar-refractivity contribution in [2.75, 3.05) is 0 Å². The Bertz CT molecular complexity index is 1070. The molecule has 0 aliphatic heterocycles. The number of ketones is 2. The van der Waals surface area contributed by atoms with Crippen LogP contribution >= 0.6 is 11.6 Å². The summed E-state index contributed by atoms with van der Waals surface area (Å²) >= 11 is 6.21. The van der Waals surface area contributed by atoms with E-state index in [2.05, 4.69) is 16.4 Å². The van der Waals surface area contributed by atoms with Crippen LogP contribution in [0.5, 0.6) is 0 Å². The topological polar surface area (TPSA) is 103 Å². The van der Waals surface area contributed by atoms with Gasteiger partial charge in [-0.05, 0) is 43.7 Å². The number of H-pyrrole nitrogens is 1. The summed E-state index contributed by atoms with van der Waals surface area (Å²) in [4.78, 5) is 41.3. The maximum absolute atomic E-state index is 13.1. The third-order valence-corrected chi connectivity index (χ3v) is 7.01. The minimum absolute atomic E-state index is 0.0767. The SMILES string of the molecule is N#C[C@H](C[C@@H]1CCCCC1=O)NC(=O)[C@@H](CC(=O)c1cc2cccc(Cl)c2[nH]1)CC1CC1. The second-order valence-corrected chi connectivity index (χ2v) is 9.63. The summed E-state index contributed by atoms with van der Waals surface area (Å²) in [5, 5.41) is 13.8. The second-order valence-electron chi connectivity index (χ2n) is 9.23. The van der Waals surface area contributed by atoms with E-state index in [1.807, 2.05) is 12.1 Å². The van der Waals surface area contributed by atoms with Crippen LogP contribution in [-0.4, -0.2) is 28.5 Å². The van der Waals surface area contributed by atoms with Gasteiger partial charge in [0.2, 0.25) is 5.91 Å². The molecule has 2 fully saturated rings. The van der Waals surface area contributed by atoms with Crippen LogP contribution in [0.3, 0.4) is 0 Å². The molecule has 3 atom stereocenters. The van der Waals surface area contributed by atoms with Crippen LogP contribution in [0.4, 0.5) is 0 Å². The summed E-state index contributed by atoms with van der Waals surface area (Å²) in [5.74, 6) is -0.421. The molecule has 168 valence electrons. The monoisotopic (exact) mass is 453 g/mol. The fourth-order valence-electron chi connectivity index (χ4n) is 4.66. The molecular formula is C25H28ClN3O3. The first-order valence-corrected chi connectivity index (χ1v) is 11.9. The van der Waals surface area contributed by atoms with Gasteiger partial charge in [-0.1, -0.05) is 43.0 Å². The number of amides is 1. The number of Topliss-reactive ketones (excluding diaryl/α,β-unsaturated/α-hetero) is 2. The van der Waals surface area contributed by atoms with E-state index >= 15 is 0 Å². The van der Waals surface area contributed by atoms with Crippen molar-refractivity contribution in [3.8, 4) is 6.07 Å². The van der Waals surface area contributed by atoms with E-state index in [1.165, 1.54) is 0 Å². The number of halogens is 1. The minimum Gasteiger partial charge on any atom is -0.351 e. The number of benzene rings is 1. The zero-order valence-electron chi connectivity index (χ0n) is 18.0. The van der Waals surface area contributed by atoms with Crippen molar-refractivity contribution >= 4 is 40.0 Å². The molecule has 4 rings (SSSR count). The molecule has 1 aromatic carbocycles. The molecule has 1 amide bonds. The Morgan fingerprint density at radius 2 is 2.03 bits per heavy atom. The van der Waals surface area contributed by atoms with Crippen LogP contribution in [0, 0.1) is 29.1 Å². The number of carbonyl (C=O) groups is 3. The van der Waals surface area contributed by atoms with Gasteiger partial charge < -0.3 is 10.3 Å². The molecule has 6 nitrogen and oxygen atoms in total. The van der Waals surface area contributed by atoms with Crippen molar-refractivity contribution in [3.63, 3.8) is 0 Å². The first kappa shape index (κ1) is 22.5. The molecule has 2 aliphatic rings. The molecular weight excluding hydrogens is 426 g/mol. The molecule has 2 saturated carbocycles. The molecule has 0 spiro atoms. The van der Waals surface area contributed by atoms with E-state index in [9.17, 15) is 19.6 Å². The summed E-state index contributed by atoms with van der Waals surface area (Å²) in [7, 11) is 0. The van der Waals surface area contributed by atoms with Crippen molar-refractivity contribution in [2.24, 2.45) is 17.8 Å². The zero-order chi connectivity index (χ0) is 22.7. The highest BCUT2D eigenvalue weighted by Crippen LogP contribution is 2.37. The lowest BCUT2D eigenvalue weighted by atomic mass is 9.83. The minimum atomic E-state index is -0.710. The number of aromatic nitrogens is 1. The Morgan fingerprint density at radius 3 is 2.72 bits per heavy atom. The molecule has 2 N–H and O–H groups in total. The van der Waals surface area contributed by atoms with Gasteiger partial charge in [0.15, 0.2) is 5.78 Å². The van der Waals surface area contributed by atoms with Gasteiger partial charge in [0.1, 0.15) is 11.8 Å². The van der Waals surface area contributed by atoms with Gasteiger partial charge in [0.25, 0.3) is 0 Å². The fourth-order valence-corrected chi connectivity index (χ4v) is 4.89. The predicted molar refractivity (Wildman–Crippen MR) is 122 cm³/mol. The number of nitrogens with one attached hydrogen (secondary N) is 2. The predicted octanol–water partition coefficient (Wildman–Crippen LogP) is 4.97. The quantitative estimate of drug-likeness (QED) is 0.523. The number of nitrogens with zero attached hydrogens (tertiary/aromatic N) is 1. The second kappa shape index (κ2) is 9.87. The van der Waals surface area contributed by atoms with Crippen molar-refractivity contribution in [3.05, 3.63) is 35.0 Å². The van der Waals surface area contributed by atoms with Crippen LogP contribution in [0.2, 0.25) is 5.02 Å². The first-order valence-electron chi connectivity index (χ1n) is 11.5. The van der Waals surface area contributed by atoms with Gasteiger partial charge in [0, 0.05) is 30.1 Å².